The lowest BCUT2D eigenvalue weighted by molar-refractivity contribution is -0.118. The van der Waals surface area contributed by atoms with Crippen LogP contribution in [0.4, 0.5) is 11.5 Å². The molecule has 1 aromatic carbocycles. The summed E-state index contributed by atoms with van der Waals surface area (Å²) in [6, 6.07) is 8.09. The minimum Gasteiger partial charge on any atom is -0.378 e. The molecule has 1 aromatic heterocycles. The number of ketones is 1. The zero-order valence-electron chi connectivity index (χ0n) is 19.0. The van der Waals surface area contributed by atoms with Gasteiger partial charge in [0.05, 0.1) is 5.56 Å². The van der Waals surface area contributed by atoms with Gasteiger partial charge in [-0.2, -0.15) is 0 Å². The molecule has 2 aliphatic rings. The first-order valence-electron chi connectivity index (χ1n) is 10.7. The molecule has 7 heteroatoms. The Kier molecular flexibility index (Phi) is 5.50. The summed E-state index contributed by atoms with van der Waals surface area (Å²) in [5.41, 5.74) is 3.82. The molecular weight excluding hydrogens is 408 g/mol. The molecule has 0 amide bonds. The maximum absolute atomic E-state index is 13.3. The number of carbonyl (C=O) groups excluding carboxylic acids is 1. The molecule has 0 saturated heterocycles. The highest BCUT2D eigenvalue weighted by Crippen LogP contribution is 2.47. The Morgan fingerprint density at radius 2 is 1.81 bits per heavy atom. The molecule has 0 saturated carbocycles. The van der Waals surface area contributed by atoms with Gasteiger partial charge in [-0.25, -0.2) is 4.98 Å². The van der Waals surface area contributed by atoms with Crippen molar-refractivity contribution in [3.8, 4) is 0 Å². The van der Waals surface area contributed by atoms with E-state index in [1.54, 1.807) is 0 Å². The third kappa shape index (κ3) is 4.15. The highest BCUT2D eigenvalue weighted by atomic mass is 32.2. The van der Waals surface area contributed by atoms with Gasteiger partial charge in [-0.15, -0.1) is 0 Å². The number of thioether (sulfide) groups is 1. The van der Waals surface area contributed by atoms with E-state index in [1.165, 1.54) is 11.8 Å². The van der Waals surface area contributed by atoms with Crippen LogP contribution in [0, 0.1) is 5.41 Å². The second kappa shape index (κ2) is 7.86. The summed E-state index contributed by atoms with van der Waals surface area (Å²) in [6.45, 7) is 8.35. The number of nitrogens with one attached hydrogen (secondary N) is 2. The predicted octanol–water partition coefficient (Wildman–Crippen LogP) is 4.54. The summed E-state index contributed by atoms with van der Waals surface area (Å²) in [5.74, 6) is 0.254. The van der Waals surface area contributed by atoms with E-state index in [-0.39, 0.29) is 16.8 Å². The molecule has 164 valence electrons. The minimum atomic E-state index is -0.416. The fraction of sp³-hybridized carbons (Fsp3) is 0.458. The van der Waals surface area contributed by atoms with Crippen molar-refractivity contribution in [3.05, 3.63) is 57.0 Å². The topological polar surface area (TPSA) is 78.1 Å². The molecule has 2 heterocycles. The van der Waals surface area contributed by atoms with E-state index in [9.17, 15) is 9.59 Å². The van der Waals surface area contributed by atoms with Crippen LogP contribution in [0.15, 0.2) is 45.5 Å². The molecule has 2 N–H and O–H groups in total. The molecule has 0 spiro atoms. The van der Waals surface area contributed by atoms with Crippen molar-refractivity contribution in [2.45, 2.75) is 56.9 Å². The number of anilines is 2. The van der Waals surface area contributed by atoms with Gasteiger partial charge in [0.25, 0.3) is 5.56 Å². The van der Waals surface area contributed by atoms with Crippen molar-refractivity contribution in [1.29, 1.82) is 0 Å². The van der Waals surface area contributed by atoms with Gasteiger partial charge in [0.2, 0.25) is 0 Å². The summed E-state index contributed by atoms with van der Waals surface area (Å²) in [4.78, 5) is 36.2. The third-order valence-electron chi connectivity index (χ3n) is 5.79. The van der Waals surface area contributed by atoms with Gasteiger partial charge >= 0.3 is 0 Å². The lowest BCUT2D eigenvalue weighted by atomic mass is 9.69. The predicted molar refractivity (Wildman–Crippen MR) is 127 cm³/mol. The Labute approximate surface area is 187 Å². The van der Waals surface area contributed by atoms with E-state index in [2.05, 4.69) is 38.0 Å². The number of allylic oxidation sites excluding steroid dienone is 2. The van der Waals surface area contributed by atoms with E-state index >= 15 is 0 Å². The molecule has 6 nitrogen and oxygen atoms in total. The SMILES string of the molecule is CC(C)Sc1nc2c(c(=O)[nH]1)[C@H](c1ccc(N(C)C)cc1)C1=C(CC(C)(C)CC1=O)N2. The largest absolute Gasteiger partial charge is 0.378 e. The van der Waals surface area contributed by atoms with E-state index in [1.807, 2.05) is 43.3 Å². The second-order valence-corrected chi connectivity index (χ2v) is 11.2. The Balaban J connectivity index is 1.91. The van der Waals surface area contributed by atoms with Gasteiger partial charge in [0, 0.05) is 48.6 Å². The Hall–Kier alpha value is -2.54. The van der Waals surface area contributed by atoms with Crippen molar-refractivity contribution in [1.82, 2.24) is 9.97 Å². The quantitative estimate of drug-likeness (QED) is 0.539. The smallest absolute Gasteiger partial charge is 0.257 e. The van der Waals surface area contributed by atoms with Crippen LogP contribution in [-0.2, 0) is 4.79 Å². The van der Waals surface area contributed by atoms with E-state index < -0.39 is 5.92 Å². The molecule has 2 aromatic rings. The molecule has 1 atom stereocenters. The van der Waals surface area contributed by atoms with Crippen molar-refractivity contribution in [2.24, 2.45) is 5.41 Å². The Bertz CT molecular complexity index is 1110. The summed E-state index contributed by atoms with van der Waals surface area (Å²) in [5, 5.41) is 4.27. The average molecular weight is 439 g/mol. The number of Topliss-reactive ketones (excluding diaryl/α,β-unsaturated/α-hetero) is 1. The lowest BCUT2D eigenvalue weighted by Gasteiger charge is -2.38. The molecule has 31 heavy (non-hydrogen) atoms. The fourth-order valence-electron chi connectivity index (χ4n) is 4.47. The van der Waals surface area contributed by atoms with Gasteiger partial charge in [-0.3, -0.25) is 9.59 Å². The molecule has 0 unspecified atom stereocenters. The summed E-state index contributed by atoms with van der Waals surface area (Å²) in [7, 11) is 3.98. The van der Waals surface area contributed by atoms with Crippen LogP contribution >= 0.6 is 11.8 Å². The van der Waals surface area contributed by atoms with Crippen LogP contribution in [0.3, 0.4) is 0 Å². The van der Waals surface area contributed by atoms with Crippen molar-refractivity contribution < 1.29 is 4.79 Å². The second-order valence-electron chi connectivity index (χ2n) is 9.68. The molecule has 0 bridgehead atoms. The monoisotopic (exact) mass is 438 g/mol. The Morgan fingerprint density at radius 1 is 1.13 bits per heavy atom. The summed E-state index contributed by atoms with van der Waals surface area (Å²) in [6.07, 6.45) is 1.22. The number of benzene rings is 1. The zero-order valence-corrected chi connectivity index (χ0v) is 19.8. The van der Waals surface area contributed by atoms with Gasteiger partial charge in [0.15, 0.2) is 10.9 Å². The van der Waals surface area contributed by atoms with E-state index in [0.29, 0.717) is 33.8 Å². The molecule has 4 rings (SSSR count). The third-order valence-corrected chi connectivity index (χ3v) is 6.68. The van der Waals surface area contributed by atoms with Crippen molar-refractivity contribution in [3.63, 3.8) is 0 Å². The molecule has 1 aliphatic heterocycles. The number of hydrogen-bond donors (Lipinski definition) is 2. The summed E-state index contributed by atoms with van der Waals surface area (Å²) >= 11 is 1.52. The van der Waals surface area contributed by atoms with Crippen LogP contribution in [0.1, 0.15) is 57.6 Å². The normalized spacial score (nSPS) is 19.7. The number of aromatic nitrogens is 2. The van der Waals surface area contributed by atoms with Crippen LogP contribution in [0.25, 0.3) is 0 Å². The number of fused-ring (bicyclic) bond motifs is 1. The molecule has 0 fully saturated rings. The van der Waals surface area contributed by atoms with Crippen molar-refractivity contribution >= 4 is 29.1 Å². The van der Waals surface area contributed by atoms with Gasteiger partial charge in [0.1, 0.15) is 5.82 Å². The number of H-pyrrole nitrogens is 1. The first kappa shape index (κ1) is 21.7. The first-order valence-corrected chi connectivity index (χ1v) is 11.5. The van der Waals surface area contributed by atoms with Gasteiger partial charge in [-0.1, -0.05) is 51.6 Å². The first-order chi connectivity index (χ1) is 14.6. The van der Waals surface area contributed by atoms with E-state index in [0.717, 1.165) is 23.4 Å². The summed E-state index contributed by atoms with van der Waals surface area (Å²) < 4.78 is 0. The number of carbonyl (C=O) groups is 1. The standard InChI is InChI=1S/C24H30N4O2S/c1-13(2)31-23-26-21-20(22(30)27-23)18(14-7-9-15(10-8-14)28(5)6)19-16(25-21)11-24(3,4)12-17(19)29/h7-10,13,18H,11-12H2,1-6H3,(H2,25,26,27,30)/t18-/m1/s1. The van der Waals surface area contributed by atoms with Crippen LogP contribution in [0.5, 0.6) is 0 Å². The van der Waals surface area contributed by atoms with Crippen LogP contribution in [0.2, 0.25) is 0 Å². The average Bonchev–Trinajstić information content (AvgIpc) is 2.64. The van der Waals surface area contributed by atoms with Gasteiger partial charge < -0.3 is 15.2 Å². The molecule has 0 radical (unpaired) electrons. The van der Waals surface area contributed by atoms with E-state index in [4.69, 9.17) is 4.98 Å². The van der Waals surface area contributed by atoms with Crippen LogP contribution in [-0.4, -0.2) is 35.1 Å². The van der Waals surface area contributed by atoms with Gasteiger partial charge in [-0.05, 0) is 29.5 Å². The lowest BCUT2D eigenvalue weighted by Crippen LogP contribution is -2.37. The fourth-order valence-corrected chi connectivity index (χ4v) is 5.21. The zero-order chi connectivity index (χ0) is 22.5. The number of rotatable bonds is 4. The highest BCUT2D eigenvalue weighted by molar-refractivity contribution is 7.99. The number of hydrogen-bond acceptors (Lipinski definition) is 6. The number of aromatic amines is 1. The maximum Gasteiger partial charge on any atom is 0.257 e. The molecular formula is C24H30N4O2S. The van der Waals surface area contributed by atoms with Crippen LogP contribution < -0.4 is 15.8 Å². The molecule has 1 aliphatic carbocycles. The van der Waals surface area contributed by atoms with Crippen molar-refractivity contribution in [2.75, 3.05) is 24.3 Å². The maximum atomic E-state index is 13.3. The minimum absolute atomic E-state index is 0.103. The Morgan fingerprint density at radius 3 is 2.42 bits per heavy atom. The number of nitrogens with zero attached hydrogens (tertiary/aromatic N) is 2. The highest BCUT2D eigenvalue weighted by Gasteiger charge is 2.42.